The van der Waals surface area contributed by atoms with E-state index in [1.54, 1.807) is 6.92 Å². The minimum absolute atomic E-state index is 0.00179. The maximum atomic E-state index is 9.07. The van der Waals surface area contributed by atoms with Crippen molar-refractivity contribution in [3.05, 3.63) is 376 Å². The van der Waals surface area contributed by atoms with Crippen LogP contribution in [0.3, 0.4) is 0 Å². The SMILES string of the molecule is CC(C)(C)c1cc(-c2ccc3c(c2C(C)(C)C)c2c(-c4cc(C(C)(C)C)cc(C(C)(C)C)c4)cccc2n3-c2ccccc2)cc(C(C)(C)C)c1.CC(C)(C)c1cc(-c2cccc3c2c2c(C(C)(C)C)c(-c4ccccc4)ccc2n3-c2ccccc2)cc(C(C)(C)C)c1.[2H]c1c([2H])c(-c2ccc3c(c2C(C)(C)C)c2c(-c4cc(C(C)(C)C)cc(C(C)(C)C)c4)cccc2n3-c2ccccc2)c([2H])c([2H])c1C. The van der Waals surface area contributed by atoms with Crippen LogP contribution < -0.4 is 0 Å². The number of rotatable bonds is 9. The van der Waals surface area contributed by atoms with Crippen molar-refractivity contribution >= 4 is 65.4 Å². The molecule has 708 valence electrons. The third kappa shape index (κ3) is 19.5. The molecule has 0 atom stereocenters. The van der Waals surface area contributed by atoms with Crippen molar-refractivity contribution in [3.63, 3.8) is 0 Å². The Balaban J connectivity index is 0.000000154. The molecule has 0 aliphatic rings. The van der Waals surface area contributed by atoms with Gasteiger partial charge in [0, 0.05) is 49.4 Å². The average Bonchev–Trinajstić information content (AvgIpc) is 1.56. The van der Waals surface area contributed by atoms with E-state index >= 15 is 0 Å². The van der Waals surface area contributed by atoms with Gasteiger partial charge in [0.2, 0.25) is 0 Å². The van der Waals surface area contributed by atoms with Gasteiger partial charge in [0.15, 0.2) is 0 Å². The highest BCUT2D eigenvalue weighted by atomic mass is 15.0. The molecule has 0 unspecified atom stereocenters. The zero-order chi connectivity index (χ0) is 103. The van der Waals surface area contributed by atoms with Crippen LogP contribution in [0.2, 0.25) is 0 Å². The summed E-state index contributed by atoms with van der Waals surface area (Å²) < 4.78 is 42.8. The molecule has 3 aromatic heterocycles. The maximum absolute atomic E-state index is 9.07. The standard InChI is InChI=1S/C50H61N.C43H47N.C42H45N/c1-46(2,3)34-26-32(27-35(30-34)47(4,5)6)39-22-19-23-41-43(39)44-42(51(41)38-20-17-16-18-21-38)25-24-40(45(44)50(13,14)15)33-28-36(48(7,8)9)31-37(29-33)49(10,11)12;1-28-19-21-29(22-20-28)35-23-24-37-39(40(35)43(8,9)10)38-34(17-14-18-36(38)44(37)33-15-12-11-13-16-33)30-25-31(41(2,3)4)27-32(26-30)42(5,6)7;1-40(2,3)30-25-29(26-31(27-30)41(4,5)6)33-21-16-22-35-37(33)38-36(43(35)32-19-14-11-15-20-32)24-23-34(39(38)42(7,8)9)28-17-12-10-13-18-28/h16-31H,1-15H3;11-27H,1-10H3;10-27H,1-9H3/i;19D,20D,21D,22D;. The molecule has 0 radical (unpaired) electrons. The molecular formula is C135H153N3. The van der Waals surface area contributed by atoms with E-state index in [4.69, 9.17) is 5.48 Å². The zero-order valence-electron chi connectivity index (χ0n) is 93.5. The molecule has 15 aromatic carbocycles. The van der Waals surface area contributed by atoms with Crippen LogP contribution in [-0.2, 0) is 59.6 Å². The maximum Gasteiger partial charge on any atom is 0.0629 e. The largest absolute Gasteiger partial charge is 0.309 e. The topological polar surface area (TPSA) is 14.8 Å². The Morgan fingerprint density at radius 1 is 0.167 bits per heavy atom. The first-order valence-corrected chi connectivity index (χ1v) is 50.3. The zero-order valence-corrected chi connectivity index (χ0v) is 89.5. The van der Waals surface area contributed by atoms with Crippen LogP contribution in [0.25, 0.3) is 149 Å². The molecule has 0 aliphatic carbocycles. The van der Waals surface area contributed by atoms with Crippen molar-refractivity contribution in [1.82, 2.24) is 13.7 Å². The van der Waals surface area contributed by atoms with Crippen LogP contribution in [0.1, 0.15) is 301 Å². The molecule has 3 nitrogen and oxygen atoms in total. The Morgan fingerprint density at radius 3 is 0.594 bits per heavy atom. The lowest BCUT2D eigenvalue weighted by Crippen LogP contribution is -2.17. The third-order valence-corrected chi connectivity index (χ3v) is 28.2. The molecular weight excluding hydrogens is 1660 g/mol. The Morgan fingerprint density at radius 2 is 0.370 bits per heavy atom. The van der Waals surface area contributed by atoms with E-state index in [0.29, 0.717) is 11.1 Å². The summed E-state index contributed by atoms with van der Waals surface area (Å²) in [5.74, 6) is 0. The highest BCUT2D eigenvalue weighted by Crippen LogP contribution is 2.54. The summed E-state index contributed by atoms with van der Waals surface area (Å²) in [6, 6.07) is 106. The van der Waals surface area contributed by atoms with Gasteiger partial charge in [-0.05, 0) is 267 Å². The number of fused-ring (bicyclic) bond motifs is 9. The fraction of sp³-hybridized carbons (Fsp3) is 0.333. The van der Waals surface area contributed by atoms with Crippen molar-refractivity contribution in [2.45, 2.75) is 295 Å². The number of aromatic nitrogens is 3. The molecule has 18 rings (SSSR count). The van der Waals surface area contributed by atoms with E-state index < -0.39 is 5.41 Å². The monoisotopic (exact) mass is 1820 g/mol. The van der Waals surface area contributed by atoms with Crippen molar-refractivity contribution in [2.24, 2.45) is 0 Å². The van der Waals surface area contributed by atoms with Gasteiger partial charge < -0.3 is 13.7 Å². The fourth-order valence-electron chi connectivity index (χ4n) is 20.5. The minimum Gasteiger partial charge on any atom is -0.309 e. The lowest BCUT2D eigenvalue weighted by atomic mass is 9.75. The predicted molar refractivity (Wildman–Crippen MR) is 605 cm³/mol. The summed E-state index contributed by atoms with van der Waals surface area (Å²) in [5, 5.41) is 7.56. The fourth-order valence-corrected chi connectivity index (χ4v) is 20.5. The van der Waals surface area contributed by atoms with Gasteiger partial charge in [-0.15, -0.1) is 0 Å². The first kappa shape index (κ1) is 93.4. The van der Waals surface area contributed by atoms with Crippen LogP contribution in [0.5, 0.6) is 0 Å². The molecule has 0 saturated heterocycles. The summed E-state index contributed by atoms with van der Waals surface area (Å²) in [7, 11) is 0. The average molecular weight is 1820 g/mol. The van der Waals surface area contributed by atoms with Crippen LogP contribution in [0, 0.1) is 6.92 Å². The third-order valence-electron chi connectivity index (χ3n) is 28.2. The first-order chi connectivity index (χ1) is 66.0. The summed E-state index contributed by atoms with van der Waals surface area (Å²) in [5.41, 5.74) is 38.8. The second-order valence-electron chi connectivity index (χ2n) is 50.6. The normalized spacial score (nSPS) is 13.4. The molecule has 3 heteroatoms. The van der Waals surface area contributed by atoms with E-state index in [9.17, 15) is 0 Å². The summed E-state index contributed by atoms with van der Waals surface area (Å²) in [6.45, 7) is 78.1. The van der Waals surface area contributed by atoms with Gasteiger partial charge in [-0.25, -0.2) is 0 Å². The summed E-state index contributed by atoms with van der Waals surface area (Å²) >= 11 is 0. The highest BCUT2D eigenvalue weighted by molar-refractivity contribution is 6.22. The molecule has 0 fully saturated rings. The van der Waals surface area contributed by atoms with Crippen molar-refractivity contribution in [3.8, 4) is 83.8 Å². The smallest absolute Gasteiger partial charge is 0.0629 e. The van der Waals surface area contributed by atoms with E-state index in [2.05, 4.69) is 515 Å². The number of nitrogens with zero attached hydrogens (tertiary/aromatic N) is 3. The quantitative estimate of drug-likeness (QED) is 0.137. The summed E-state index contributed by atoms with van der Waals surface area (Å²) in [6.07, 6.45) is 0. The van der Waals surface area contributed by atoms with Gasteiger partial charge in [0.25, 0.3) is 0 Å². The van der Waals surface area contributed by atoms with Crippen LogP contribution in [0.15, 0.2) is 309 Å². The molecule has 138 heavy (non-hydrogen) atoms. The van der Waals surface area contributed by atoms with Gasteiger partial charge in [-0.3, -0.25) is 0 Å². The van der Waals surface area contributed by atoms with E-state index in [1.165, 1.54) is 155 Å². The lowest BCUT2D eigenvalue weighted by molar-refractivity contribution is 0.568. The van der Waals surface area contributed by atoms with Crippen LogP contribution in [0.4, 0.5) is 0 Å². The molecule has 0 bridgehead atoms. The Hall–Kier alpha value is -12.3. The Kier molecular flexibility index (Phi) is 24.3. The molecule has 18 aromatic rings. The second-order valence-corrected chi connectivity index (χ2v) is 50.6. The number of hydrogen-bond donors (Lipinski definition) is 0. The van der Waals surface area contributed by atoms with E-state index in [-0.39, 0.29) is 78.3 Å². The molecule has 0 spiro atoms. The van der Waals surface area contributed by atoms with E-state index in [0.717, 1.165) is 49.7 Å². The minimum atomic E-state index is -0.407. The number of hydrogen-bond acceptors (Lipinski definition) is 0. The van der Waals surface area contributed by atoms with Gasteiger partial charge in [-0.2, -0.15) is 0 Å². The van der Waals surface area contributed by atoms with Crippen LogP contribution in [-0.4, -0.2) is 13.7 Å². The molecule has 0 N–H and O–H groups in total. The molecule has 0 saturated carbocycles. The second kappa shape index (κ2) is 35.9. The van der Waals surface area contributed by atoms with Gasteiger partial charge in [-0.1, -0.05) is 471 Å². The van der Waals surface area contributed by atoms with E-state index in [1.807, 2.05) is 12.1 Å². The molecule has 0 aliphatic heterocycles. The predicted octanol–water partition coefficient (Wildman–Crippen LogP) is 38.9. The summed E-state index contributed by atoms with van der Waals surface area (Å²) in [4.78, 5) is 0. The highest BCUT2D eigenvalue weighted by Gasteiger charge is 2.36. The Bertz CT molecular complexity index is 7720. The molecule has 0 amide bonds. The van der Waals surface area contributed by atoms with Gasteiger partial charge in [0.05, 0.1) is 38.6 Å². The Labute approximate surface area is 833 Å². The molecule has 3 heterocycles. The first-order valence-electron chi connectivity index (χ1n) is 52.3. The van der Waals surface area contributed by atoms with Crippen LogP contribution >= 0.6 is 0 Å². The lowest BCUT2D eigenvalue weighted by Gasteiger charge is -2.29. The van der Waals surface area contributed by atoms with Crippen molar-refractivity contribution in [2.75, 3.05) is 0 Å². The van der Waals surface area contributed by atoms with Crippen molar-refractivity contribution < 1.29 is 5.48 Å². The number of para-hydroxylation sites is 3. The van der Waals surface area contributed by atoms with Crippen molar-refractivity contribution in [1.29, 1.82) is 0 Å². The van der Waals surface area contributed by atoms with Gasteiger partial charge in [0.1, 0.15) is 0 Å². The van der Waals surface area contributed by atoms with Gasteiger partial charge >= 0.3 is 0 Å². The number of benzene rings is 15.